The number of ether oxygens (including phenoxy) is 4. The zero-order chi connectivity index (χ0) is 34.1. The summed E-state index contributed by atoms with van der Waals surface area (Å²) in [5.74, 6) is 0.468. The third-order valence-corrected chi connectivity index (χ3v) is 9.02. The van der Waals surface area contributed by atoms with Gasteiger partial charge in [-0.3, -0.25) is 0 Å². The summed E-state index contributed by atoms with van der Waals surface area (Å²) in [7, 11) is 0. The largest absolute Gasteiger partial charge is 0.481 e. The fraction of sp³-hybridized carbons (Fsp3) is 0.619. The van der Waals surface area contributed by atoms with Crippen molar-refractivity contribution in [2.24, 2.45) is 0 Å². The van der Waals surface area contributed by atoms with Crippen LogP contribution in [0, 0.1) is 0 Å². The van der Waals surface area contributed by atoms with Crippen molar-refractivity contribution in [1.82, 2.24) is 0 Å². The highest BCUT2D eigenvalue weighted by Gasteiger charge is 2.18. The van der Waals surface area contributed by atoms with Gasteiger partial charge in [-0.2, -0.15) is 0 Å². The quantitative estimate of drug-likeness (QED) is 0.0438. The van der Waals surface area contributed by atoms with Crippen LogP contribution in [-0.2, 0) is 19.1 Å². The molecular formula is C42H62O6. The second kappa shape index (κ2) is 24.8. The summed E-state index contributed by atoms with van der Waals surface area (Å²) in [6.07, 6.45) is 24.7. The number of hydrogen-bond acceptors (Lipinski definition) is 6. The number of fused-ring (bicyclic) bond motifs is 2. The summed E-state index contributed by atoms with van der Waals surface area (Å²) < 4.78 is 23.2. The standard InChI is InChI=1S/C42H62O6/c1-3-5-7-9-11-13-15-17-19-25-31-45-39(43)33-47-41-35-27-21-23-29-37(35)42(38-30-24-22-28-36(38)41)48-34-40(44)46-32-26-20-18-16-14-12-10-8-6-4-2/h21-24,27-30H,3-20,25-26,31-34H2,1-2H3. The van der Waals surface area contributed by atoms with Crippen LogP contribution in [0.25, 0.3) is 21.5 Å². The maximum atomic E-state index is 12.6. The highest BCUT2D eigenvalue weighted by Crippen LogP contribution is 2.42. The molecule has 0 radical (unpaired) electrons. The number of carbonyl (C=O) groups excluding carboxylic acids is 2. The van der Waals surface area contributed by atoms with Crippen LogP contribution in [0.4, 0.5) is 0 Å². The topological polar surface area (TPSA) is 71.1 Å². The Morgan fingerprint density at radius 3 is 0.979 bits per heavy atom. The molecule has 0 saturated carbocycles. The number of hydrogen-bond donors (Lipinski definition) is 0. The zero-order valence-corrected chi connectivity index (χ0v) is 30.0. The average molecular weight is 663 g/mol. The molecule has 6 heteroatoms. The van der Waals surface area contributed by atoms with Crippen molar-refractivity contribution in [3.63, 3.8) is 0 Å². The van der Waals surface area contributed by atoms with E-state index in [1.165, 1.54) is 103 Å². The Kier molecular flexibility index (Phi) is 20.2. The van der Waals surface area contributed by atoms with Gasteiger partial charge in [0.2, 0.25) is 0 Å². The lowest BCUT2D eigenvalue weighted by Gasteiger charge is -2.17. The molecule has 6 nitrogen and oxygen atoms in total. The van der Waals surface area contributed by atoms with E-state index < -0.39 is 0 Å². The van der Waals surface area contributed by atoms with Crippen LogP contribution in [0.1, 0.15) is 142 Å². The van der Waals surface area contributed by atoms with Gasteiger partial charge in [0.05, 0.1) is 13.2 Å². The van der Waals surface area contributed by atoms with Gasteiger partial charge in [-0.05, 0) is 12.8 Å². The van der Waals surface area contributed by atoms with Gasteiger partial charge in [-0.1, -0.05) is 178 Å². The van der Waals surface area contributed by atoms with E-state index >= 15 is 0 Å². The number of unbranched alkanes of at least 4 members (excludes halogenated alkanes) is 18. The molecule has 3 rings (SSSR count). The van der Waals surface area contributed by atoms with E-state index in [2.05, 4.69) is 13.8 Å². The lowest BCUT2D eigenvalue weighted by atomic mass is 10.0. The lowest BCUT2D eigenvalue weighted by molar-refractivity contribution is -0.147. The van der Waals surface area contributed by atoms with E-state index in [-0.39, 0.29) is 25.2 Å². The van der Waals surface area contributed by atoms with Gasteiger partial charge in [0.15, 0.2) is 13.2 Å². The molecule has 0 heterocycles. The first kappa shape index (κ1) is 39.2. The van der Waals surface area contributed by atoms with Crippen molar-refractivity contribution < 1.29 is 28.5 Å². The van der Waals surface area contributed by atoms with Gasteiger partial charge in [0.1, 0.15) is 11.5 Å². The number of rotatable bonds is 28. The van der Waals surface area contributed by atoms with Crippen LogP contribution >= 0.6 is 0 Å². The molecule has 0 fully saturated rings. The first-order chi connectivity index (χ1) is 23.7. The van der Waals surface area contributed by atoms with Crippen molar-refractivity contribution in [1.29, 1.82) is 0 Å². The highest BCUT2D eigenvalue weighted by molar-refractivity contribution is 6.11. The molecule has 0 amide bonds. The van der Waals surface area contributed by atoms with E-state index in [0.717, 1.165) is 47.2 Å². The van der Waals surface area contributed by atoms with Gasteiger partial charge in [-0.15, -0.1) is 0 Å². The third kappa shape index (κ3) is 14.9. The van der Waals surface area contributed by atoms with Crippen molar-refractivity contribution in [2.45, 2.75) is 142 Å². The van der Waals surface area contributed by atoms with E-state index in [0.29, 0.717) is 24.7 Å². The first-order valence-corrected chi connectivity index (χ1v) is 19.2. The summed E-state index contributed by atoms with van der Waals surface area (Å²) in [4.78, 5) is 25.2. The summed E-state index contributed by atoms with van der Waals surface area (Å²) in [6, 6.07) is 15.5. The molecule has 266 valence electrons. The van der Waals surface area contributed by atoms with Crippen molar-refractivity contribution >= 4 is 33.5 Å². The van der Waals surface area contributed by atoms with Gasteiger partial charge in [-0.25, -0.2) is 9.59 Å². The fourth-order valence-corrected chi connectivity index (χ4v) is 6.26. The minimum Gasteiger partial charge on any atom is -0.481 e. The Hall–Kier alpha value is -3.28. The van der Waals surface area contributed by atoms with Crippen LogP contribution < -0.4 is 9.47 Å². The van der Waals surface area contributed by atoms with E-state index in [9.17, 15) is 9.59 Å². The smallest absolute Gasteiger partial charge is 0.344 e. The molecular weight excluding hydrogens is 600 g/mol. The van der Waals surface area contributed by atoms with Gasteiger partial charge in [0, 0.05) is 21.5 Å². The van der Waals surface area contributed by atoms with Gasteiger partial charge < -0.3 is 18.9 Å². The molecule has 3 aromatic rings. The minimum absolute atomic E-state index is 0.169. The number of benzene rings is 3. The van der Waals surface area contributed by atoms with Gasteiger partial charge >= 0.3 is 11.9 Å². The molecule has 0 spiro atoms. The van der Waals surface area contributed by atoms with Crippen molar-refractivity contribution in [3.05, 3.63) is 48.5 Å². The third-order valence-electron chi connectivity index (χ3n) is 9.02. The molecule has 0 bridgehead atoms. The monoisotopic (exact) mass is 662 g/mol. The van der Waals surface area contributed by atoms with Crippen LogP contribution in [0.5, 0.6) is 11.5 Å². The van der Waals surface area contributed by atoms with E-state index in [1.807, 2.05) is 48.5 Å². The highest BCUT2D eigenvalue weighted by atomic mass is 16.6. The molecule has 0 unspecified atom stereocenters. The number of esters is 2. The molecule has 3 aromatic carbocycles. The Labute approximate surface area is 290 Å². The maximum absolute atomic E-state index is 12.6. The molecule has 0 aliphatic carbocycles. The van der Waals surface area contributed by atoms with E-state index in [4.69, 9.17) is 18.9 Å². The fourth-order valence-electron chi connectivity index (χ4n) is 6.26. The average Bonchev–Trinajstić information content (AvgIpc) is 3.11. The Balaban J connectivity index is 1.43. The van der Waals surface area contributed by atoms with Crippen molar-refractivity contribution in [3.8, 4) is 11.5 Å². The molecule has 0 aromatic heterocycles. The lowest BCUT2D eigenvalue weighted by Crippen LogP contribution is -2.17. The SMILES string of the molecule is CCCCCCCCCCCCOC(=O)COc1c2ccccc2c(OCC(=O)OCCCCCCCCCCCC)c2ccccc12. The maximum Gasteiger partial charge on any atom is 0.344 e. The van der Waals surface area contributed by atoms with Gasteiger partial charge in [0.25, 0.3) is 0 Å². The summed E-state index contributed by atoms with van der Waals surface area (Å²) >= 11 is 0. The predicted octanol–water partition coefficient (Wildman–Crippen LogP) is 11.7. The van der Waals surface area contributed by atoms with Crippen molar-refractivity contribution in [2.75, 3.05) is 26.4 Å². The molecule has 0 saturated heterocycles. The summed E-state index contributed by atoms with van der Waals surface area (Å²) in [5, 5.41) is 3.25. The zero-order valence-electron chi connectivity index (χ0n) is 30.0. The predicted molar refractivity (Wildman–Crippen MR) is 198 cm³/mol. The number of carbonyl (C=O) groups is 2. The van der Waals surface area contributed by atoms with Crippen LogP contribution in [0.15, 0.2) is 48.5 Å². The molecule has 0 atom stereocenters. The summed E-state index contributed by atoms with van der Waals surface area (Å²) in [6.45, 7) is 5.00. The molecule has 48 heavy (non-hydrogen) atoms. The summed E-state index contributed by atoms with van der Waals surface area (Å²) in [5.41, 5.74) is 0. The van der Waals surface area contributed by atoms with E-state index in [1.54, 1.807) is 0 Å². The second-order valence-electron chi connectivity index (χ2n) is 13.1. The molecule has 0 N–H and O–H groups in total. The molecule has 0 aliphatic heterocycles. The van der Waals surface area contributed by atoms with Crippen LogP contribution in [0.3, 0.4) is 0 Å². The second-order valence-corrected chi connectivity index (χ2v) is 13.1. The van der Waals surface area contributed by atoms with Crippen LogP contribution in [0.2, 0.25) is 0 Å². The molecule has 0 aliphatic rings. The Bertz CT molecular complexity index is 1160. The Morgan fingerprint density at radius 1 is 0.417 bits per heavy atom. The van der Waals surface area contributed by atoms with Crippen LogP contribution in [-0.4, -0.2) is 38.4 Å². The normalized spacial score (nSPS) is 11.2. The minimum atomic E-state index is -0.371. The first-order valence-electron chi connectivity index (χ1n) is 19.2. The Morgan fingerprint density at radius 2 is 0.688 bits per heavy atom.